The van der Waals surface area contributed by atoms with Crippen molar-refractivity contribution in [1.29, 1.82) is 0 Å². The highest BCUT2D eigenvalue weighted by atomic mass is 15.3. The van der Waals surface area contributed by atoms with Gasteiger partial charge >= 0.3 is 0 Å². The summed E-state index contributed by atoms with van der Waals surface area (Å²) in [4.78, 5) is 0. The average Bonchev–Trinajstić information content (AvgIpc) is 2.30. The lowest BCUT2D eigenvalue weighted by molar-refractivity contribution is 0.602. The molecule has 78 valence electrons. The maximum Gasteiger partial charge on any atom is 0.0590 e. The van der Waals surface area contributed by atoms with Crippen LogP contribution in [0.5, 0.6) is 0 Å². The van der Waals surface area contributed by atoms with Gasteiger partial charge in [-0.3, -0.25) is 11.2 Å². The van der Waals surface area contributed by atoms with Crippen molar-refractivity contribution < 1.29 is 0 Å². The number of hydrazine groups is 1. The van der Waals surface area contributed by atoms with Crippen LogP contribution in [-0.4, -0.2) is 6.67 Å². The van der Waals surface area contributed by atoms with Crippen LogP contribution in [0.4, 0.5) is 0 Å². The van der Waals surface area contributed by atoms with Crippen LogP contribution in [0.2, 0.25) is 0 Å². The van der Waals surface area contributed by atoms with E-state index >= 15 is 0 Å². The van der Waals surface area contributed by atoms with Crippen molar-refractivity contribution in [2.75, 3.05) is 6.67 Å². The first-order valence-electron chi connectivity index (χ1n) is 5.02. The molecule has 3 heteroatoms. The Kier molecular flexibility index (Phi) is 3.29. The molecule has 0 unspecified atom stereocenters. The van der Waals surface area contributed by atoms with Crippen LogP contribution < -0.4 is 16.6 Å². The average molecular weight is 201 g/mol. The molecule has 0 aliphatic heterocycles. The topological polar surface area (TPSA) is 50.1 Å². The van der Waals surface area contributed by atoms with Crippen molar-refractivity contribution in [2.24, 2.45) is 5.84 Å². The highest BCUT2D eigenvalue weighted by molar-refractivity contribution is 5.85. The fourth-order valence-electron chi connectivity index (χ4n) is 1.72. The molecule has 0 fully saturated rings. The number of benzene rings is 2. The Labute approximate surface area is 89.3 Å². The molecule has 0 atom stereocenters. The third-order valence-electron chi connectivity index (χ3n) is 2.42. The van der Waals surface area contributed by atoms with Crippen LogP contribution in [-0.2, 0) is 6.54 Å². The fourth-order valence-corrected chi connectivity index (χ4v) is 1.72. The Morgan fingerprint density at radius 3 is 2.67 bits per heavy atom. The minimum absolute atomic E-state index is 0.614. The van der Waals surface area contributed by atoms with E-state index in [1.54, 1.807) is 0 Å². The second-order valence-electron chi connectivity index (χ2n) is 3.45. The van der Waals surface area contributed by atoms with E-state index in [0.717, 1.165) is 6.54 Å². The van der Waals surface area contributed by atoms with E-state index in [4.69, 9.17) is 5.84 Å². The molecule has 0 radical (unpaired) electrons. The Morgan fingerprint density at radius 2 is 1.80 bits per heavy atom. The van der Waals surface area contributed by atoms with Gasteiger partial charge in [-0.1, -0.05) is 42.5 Å². The Morgan fingerprint density at radius 1 is 1.00 bits per heavy atom. The zero-order valence-corrected chi connectivity index (χ0v) is 8.53. The second kappa shape index (κ2) is 4.89. The van der Waals surface area contributed by atoms with Gasteiger partial charge in [0.05, 0.1) is 6.67 Å². The maximum absolute atomic E-state index is 5.19. The molecule has 0 aliphatic rings. The van der Waals surface area contributed by atoms with E-state index in [9.17, 15) is 0 Å². The van der Waals surface area contributed by atoms with Crippen LogP contribution in [0, 0.1) is 0 Å². The number of nitrogens with two attached hydrogens (primary N) is 1. The molecule has 0 saturated heterocycles. The highest BCUT2D eigenvalue weighted by Gasteiger charge is 1.98. The standard InChI is InChI=1S/C12H15N3/c13-15-9-14-8-11-6-3-5-10-4-1-2-7-12(10)11/h1-7,14-15H,8-9,13H2. The van der Waals surface area contributed by atoms with Gasteiger partial charge in [-0.25, -0.2) is 5.43 Å². The van der Waals surface area contributed by atoms with E-state index in [2.05, 4.69) is 53.2 Å². The molecule has 2 aromatic rings. The minimum Gasteiger partial charge on any atom is -0.299 e. The molecule has 3 nitrogen and oxygen atoms in total. The molecule has 0 bridgehead atoms. The quantitative estimate of drug-likeness (QED) is 0.303. The molecule has 0 saturated carbocycles. The summed E-state index contributed by atoms with van der Waals surface area (Å²) < 4.78 is 0. The summed E-state index contributed by atoms with van der Waals surface area (Å²) in [6.45, 7) is 1.44. The smallest absolute Gasteiger partial charge is 0.0590 e. The van der Waals surface area contributed by atoms with Gasteiger partial charge in [0.25, 0.3) is 0 Å². The molecule has 2 aromatic carbocycles. The lowest BCUT2D eigenvalue weighted by atomic mass is 10.0. The summed E-state index contributed by atoms with van der Waals surface area (Å²) in [6, 6.07) is 14.7. The first kappa shape index (κ1) is 10.1. The first-order valence-corrected chi connectivity index (χ1v) is 5.02. The van der Waals surface area contributed by atoms with Crippen LogP contribution in [0.3, 0.4) is 0 Å². The summed E-state index contributed by atoms with van der Waals surface area (Å²) >= 11 is 0. The molecule has 4 N–H and O–H groups in total. The molecular formula is C12H15N3. The summed E-state index contributed by atoms with van der Waals surface area (Å²) in [5.41, 5.74) is 3.87. The SMILES string of the molecule is NNCNCc1cccc2ccccc12. The van der Waals surface area contributed by atoms with Gasteiger partial charge in [-0.15, -0.1) is 0 Å². The van der Waals surface area contributed by atoms with E-state index in [-0.39, 0.29) is 0 Å². The largest absolute Gasteiger partial charge is 0.299 e. The number of nitrogens with one attached hydrogen (secondary N) is 2. The lowest BCUT2D eigenvalue weighted by Gasteiger charge is -2.07. The number of fused-ring (bicyclic) bond motifs is 1. The van der Waals surface area contributed by atoms with Gasteiger partial charge < -0.3 is 0 Å². The fraction of sp³-hybridized carbons (Fsp3) is 0.167. The Bertz CT molecular complexity index is 434. The molecule has 15 heavy (non-hydrogen) atoms. The van der Waals surface area contributed by atoms with Gasteiger partial charge in [0.1, 0.15) is 0 Å². The van der Waals surface area contributed by atoms with Gasteiger partial charge in [0.2, 0.25) is 0 Å². The van der Waals surface area contributed by atoms with Crippen LogP contribution in [0.25, 0.3) is 10.8 Å². The van der Waals surface area contributed by atoms with E-state index in [1.165, 1.54) is 16.3 Å². The van der Waals surface area contributed by atoms with Crippen LogP contribution in [0.15, 0.2) is 42.5 Å². The molecule has 2 rings (SSSR count). The molecule has 0 amide bonds. The van der Waals surface area contributed by atoms with Crippen LogP contribution in [0.1, 0.15) is 5.56 Å². The summed E-state index contributed by atoms with van der Waals surface area (Å²) in [6.07, 6.45) is 0. The molecule has 0 heterocycles. The maximum atomic E-state index is 5.19. The predicted molar refractivity (Wildman–Crippen MR) is 63.0 cm³/mol. The zero-order valence-electron chi connectivity index (χ0n) is 8.53. The van der Waals surface area contributed by atoms with Crippen molar-refractivity contribution in [3.63, 3.8) is 0 Å². The van der Waals surface area contributed by atoms with Crippen molar-refractivity contribution >= 4 is 10.8 Å². The lowest BCUT2D eigenvalue weighted by Crippen LogP contribution is -2.33. The number of rotatable bonds is 4. The van der Waals surface area contributed by atoms with E-state index in [1.807, 2.05) is 0 Å². The van der Waals surface area contributed by atoms with Gasteiger partial charge in [0.15, 0.2) is 0 Å². The molecule has 0 aromatic heterocycles. The van der Waals surface area contributed by atoms with Crippen molar-refractivity contribution in [3.8, 4) is 0 Å². The van der Waals surface area contributed by atoms with Gasteiger partial charge in [-0.05, 0) is 16.3 Å². The Balaban J connectivity index is 2.26. The van der Waals surface area contributed by atoms with Gasteiger partial charge in [-0.2, -0.15) is 0 Å². The molecule has 0 aliphatic carbocycles. The summed E-state index contributed by atoms with van der Waals surface area (Å²) in [5.74, 6) is 5.19. The van der Waals surface area contributed by atoms with E-state index < -0.39 is 0 Å². The molecule has 0 spiro atoms. The third kappa shape index (κ3) is 2.33. The normalized spacial score (nSPS) is 10.7. The predicted octanol–water partition coefficient (Wildman–Crippen LogP) is 1.35. The van der Waals surface area contributed by atoms with Crippen molar-refractivity contribution in [1.82, 2.24) is 10.7 Å². The monoisotopic (exact) mass is 201 g/mol. The van der Waals surface area contributed by atoms with Gasteiger partial charge in [0, 0.05) is 6.54 Å². The highest BCUT2D eigenvalue weighted by Crippen LogP contribution is 2.17. The number of hydrogen-bond donors (Lipinski definition) is 3. The third-order valence-corrected chi connectivity index (χ3v) is 2.42. The molecular weight excluding hydrogens is 186 g/mol. The number of hydrogen-bond acceptors (Lipinski definition) is 3. The minimum atomic E-state index is 0.614. The Hall–Kier alpha value is -1.42. The second-order valence-corrected chi connectivity index (χ2v) is 3.45. The zero-order chi connectivity index (χ0) is 10.5. The first-order chi connectivity index (χ1) is 7.42. The van der Waals surface area contributed by atoms with Crippen LogP contribution >= 0.6 is 0 Å². The van der Waals surface area contributed by atoms with Crippen molar-refractivity contribution in [2.45, 2.75) is 6.54 Å². The summed E-state index contributed by atoms with van der Waals surface area (Å²) in [7, 11) is 0. The van der Waals surface area contributed by atoms with E-state index in [0.29, 0.717) is 6.67 Å². The van der Waals surface area contributed by atoms with Crippen molar-refractivity contribution in [3.05, 3.63) is 48.0 Å². The summed E-state index contributed by atoms with van der Waals surface area (Å²) in [5, 5.41) is 5.78.